The number of aliphatic hydroxyl groups excluding tert-OH is 1. The summed E-state index contributed by atoms with van der Waals surface area (Å²) in [6.07, 6.45) is 13.9. The molecule has 0 radical (unpaired) electrons. The first-order valence-corrected chi connectivity index (χ1v) is 9.30. The molecule has 4 aliphatic rings. The SMILES string of the molecule is C[C@@H]1C[C@@H]2[C@H](CC[C@]3(C)[C@@H](O)CC[C@@H]23)[C@@]2(C)CC=CC[C@H]12. The number of fused-ring (bicyclic) bond motifs is 5. The quantitative estimate of drug-likeness (QED) is 0.635. The topological polar surface area (TPSA) is 20.2 Å². The van der Waals surface area contributed by atoms with E-state index >= 15 is 0 Å². The van der Waals surface area contributed by atoms with E-state index in [1.165, 1.54) is 38.5 Å². The molecule has 0 aromatic carbocycles. The van der Waals surface area contributed by atoms with Gasteiger partial charge in [-0.1, -0.05) is 32.9 Å². The number of allylic oxidation sites excluding steroid dienone is 2. The van der Waals surface area contributed by atoms with Gasteiger partial charge in [-0.15, -0.1) is 0 Å². The van der Waals surface area contributed by atoms with Gasteiger partial charge < -0.3 is 5.11 Å². The van der Waals surface area contributed by atoms with Crippen molar-refractivity contribution >= 4 is 0 Å². The molecule has 1 heteroatoms. The van der Waals surface area contributed by atoms with Crippen LogP contribution in [0.25, 0.3) is 0 Å². The van der Waals surface area contributed by atoms with Crippen molar-refractivity contribution in [3.63, 3.8) is 0 Å². The Balaban J connectivity index is 1.70. The fourth-order valence-electron chi connectivity index (χ4n) is 7.31. The van der Waals surface area contributed by atoms with Gasteiger partial charge in [0.2, 0.25) is 0 Å². The third kappa shape index (κ3) is 1.79. The minimum atomic E-state index is -0.0319. The van der Waals surface area contributed by atoms with Gasteiger partial charge in [-0.2, -0.15) is 0 Å². The van der Waals surface area contributed by atoms with Gasteiger partial charge in [0.1, 0.15) is 0 Å². The Bertz CT molecular complexity index is 455. The van der Waals surface area contributed by atoms with Crippen LogP contribution in [0.1, 0.15) is 65.7 Å². The van der Waals surface area contributed by atoms with E-state index in [0.717, 1.165) is 36.0 Å². The lowest BCUT2D eigenvalue weighted by Crippen LogP contribution is -2.55. The van der Waals surface area contributed by atoms with Crippen LogP contribution in [0.5, 0.6) is 0 Å². The Morgan fingerprint density at radius 3 is 2.52 bits per heavy atom. The molecule has 21 heavy (non-hydrogen) atoms. The molecular weight excluding hydrogens is 256 g/mol. The molecular formula is C20H32O. The molecule has 0 unspecified atom stereocenters. The van der Waals surface area contributed by atoms with Crippen LogP contribution < -0.4 is 0 Å². The third-order valence-corrected chi connectivity index (χ3v) is 8.53. The molecule has 0 saturated heterocycles. The van der Waals surface area contributed by atoms with Gasteiger partial charge in [-0.3, -0.25) is 0 Å². The smallest absolute Gasteiger partial charge is 0.0596 e. The van der Waals surface area contributed by atoms with Gasteiger partial charge in [0, 0.05) is 0 Å². The average Bonchev–Trinajstić information content (AvgIpc) is 2.75. The van der Waals surface area contributed by atoms with Gasteiger partial charge >= 0.3 is 0 Å². The van der Waals surface area contributed by atoms with Crippen molar-refractivity contribution in [3.8, 4) is 0 Å². The van der Waals surface area contributed by atoms with Crippen LogP contribution >= 0.6 is 0 Å². The predicted octanol–water partition coefficient (Wildman–Crippen LogP) is 4.80. The molecule has 0 bridgehead atoms. The van der Waals surface area contributed by atoms with E-state index in [2.05, 4.69) is 32.9 Å². The van der Waals surface area contributed by atoms with E-state index in [0.29, 0.717) is 5.41 Å². The zero-order valence-corrected chi connectivity index (χ0v) is 14.0. The second kappa shape index (κ2) is 4.60. The van der Waals surface area contributed by atoms with Crippen LogP contribution in [0.15, 0.2) is 12.2 Å². The maximum atomic E-state index is 10.5. The van der Waals surface area contributed by atoms with Crippen molar-refractivity contribution in [1.29, 1.82) is 0 Å². The first-order valence-electron chi connectivity index (χ1n) is 9.30. The summed E-state index contributed by atoms with van der Waals surface area (Å²) < 4.78 is 0. The van der Waals surface area contributed by atoms with Crippen molar-refractivity contribution in [2.45, 2.75) is 71.8 Å². The largest absolute Gasteiger partial charge is 0.393 e. The van der Waals surface area contributed by atoms with Gasteiger partial charge in [0.15, 0.2) is 0 Å². The van der Waals surface area contributed by atoms with E-state index in [-0.39, 0.29) is 11.5 Å². The van der Waals surface area contributed by atoms with Crippen molar-refractivity contribution < 1.29 is 5.11 Å². The van der Waals surface area contributed by atoms with Crippen molar-refractivity contribution in [2.24, 2.45) is 40.4 Å². The Morgan fingerprint density at radius 1 is 0.952 bits per heavy atom. The van der Waals surface area contributed by atoms with Crippen LogP contribution in [0.2, 0.25) is 0 Å². The predicted molar refractivity (Wildman–Crippen MR) is 86.8 cm³/mol. The summed E-state index contributed by atoms with van der Waals surface area (Å²) in [4.78, 5) is 0. The van der Waals surface area contributed by atoms with E-state index in [1.807, 2.05) is 0 Å². The maximum absolute atomic E-state index is 10.5. The number of aliphatic hydroxyl groups is 1. The normalized spacial score (nSPS) is 59.2. The number of hydrogen-bond donors (Lipinski definition) is 1. The summed E-state index contributed by atoms with van der Waals surface area (Å²) in [5.41, 5.74) is 0.764. The van der Waals surface area contributed by atoms with Crippen LogP contribution in [-0.2, 0) is 0 Å². The molecule has 3 saturated carbocycles. The highest BCUT2D eigenvalue weighted by atomic mass is 16.3. The van der Waals surface area contributed by atoms with E-state index in [1.54, 1.807) is 0 Å². The summed E-state index contributed by atoms with van der Waals surface area (Å²) in [6.45, 7) is 7.50. The lowest BCUT2D eigenvalue weighted by molar-refractivity contribution is -0.126. The standard InChI is InChI=1S/C20H32O/c1-13-12-14-16-7-8-18(21)20(16,3)11-9-17(14)19(2)10-5-4-6-15(13)19/h4-5,13-18,21H,6-12H2,1-3H3/t13-,14+,15-,16+,17+,18+,19+,20+/m1/s1. The maximum Gasteiger partial charge on any atom is 0.0596 e. The van der Waals surface area contributed by atoms with Crippen LogP contribution in [0.4, 0.5) is 0 Å². The monoisotopic (exact) mass is 288 g/mol. The minimum Gasteiger partial charge on any atom is -0.393 e. The molecule has 0 heterocycles. The first-order chi connectivity index (χ1) is 9.97. The van der Waals surface area contributed by atoms with E-state index in [4.69, 9.17) is 0 Å². The molecule has 0 spiro atoms. The molecule has 0 aromatic heterocycles. The Hall–Kier alpha value is -0.300. The van der Waals surface area contributed by atoms with Gasteiger partial charge in [0.05, 0.1) is 6.10 Å². The van der Waals surface area contributed by atoms with Gasteiger partial charge in [-0.25, -0.2) is 0 Å². The lowest BCUT2D eigenvalue weighted by Gasteiger charge is -2.61. The van der Waals surface area contributed by atoms with E-state index in [9.17, 15) is 5.11 Å². The minimum absolute atomic E-state index is 0.0319. The summed E-state index contributed by atoms with van der Waals surface area (Å²) in [7, 11) is 0. The summed E-state index contributed by atoms with van der Waals surface area (Å²) >= 11 is 0. The van der Waals surface area contributed by atoms with E-state index < -0.39 is 0 Å². The fraction of sp³-hybridized carbons (Fsp3) is 0.900. The highest BCUT2D eigenvalue weighted by Gasteiger charge is 2.60. The molecule has 0 aliphatic heterocycles. The van der Waals surface area contributed by atoms with Crippen LogP contribution in [0, 0.1) is 40.4 Å². The molecule has 3 fully saturated rings. The highest BCUT2D eigenvalue weighted by molar-refractivity contribution is 5.13. The third-order valence-electron chi connectivity index (χ3n) is 8.53. The molecule has 0 aromatic rings. The summed E-state index contributed by atoms with van der Waals surface area (Å²) in [5, 5.41) is 10.5. The molecule has 4 aliphatic carbocycles. The zero-order valence-electron chi connectivity index (χ0n) is 14.0. The molecule has 8 atom stereocenters. The van der Waals surface area contributed by atoms with Gasteiger partial charge in [0.25, 0.3) is 0 Å². The highest BCUT2D eigenvalue weighted by Crippen LogP contribution is 2.66. The summed E-state index contributed by atoms with van der Waals surface area (Å²) in [5.74, 6) is 4.34. The summed E-state index contributed by atoms with van der Waals surface area (Å²) in [6, 6.07) is 0. The number of rotatable bonds is 0. The molecule has 1 nitrogen and oxygen atoms in total. The Labute approximate surface area is 130 Å². The van der Waals surface area contributed by atoms with Crippen LogP contribution in [-0.4, -0.2) is 11.2 Å². The Morgan fingerprint density at radius 2 is 1.71 bits per heavy atom. The van der Waals surface area contributed by atoms with Crippen LogP contribution in [0.3, 0.4) is 0 Å². The van der Waals surface area contributed by atoms with Crippen molar-refractivity contribution in [1.82, 2.24) is 0 Å². The van der Waals surface area contributed by atoms with Crippen molar-refractivity contribution in [2.75, 3.05) is 0 Å². The second-order valence-corrected chi connectivity index (χ2v) is 9.25. The Kier molecular flexibility index (Phi) is 3.13. The second-order valence-electron chi connectivity index (χ2n) is 9.25. The first kappa shape index (κ1) is 14.3. The lowest BCUT2D eigenvalue weighted by atomic mass is 9.44. The zero-order chi connectivity index (χ0) is 14.8. The molecule has 0 amide bonds. The van der Waals surface area contributed by atoms with Gasteiger partial charge in [-0.05, 0) is 85.4 Å². The molecule has 4 rings (SSSR count). The average molecular weight is 288 g/mol. The number of hydrogen-bond acceptors (Lipinski definition) is 1. The molecule has 118 valence electrons. The fourth-order valence-corrected chi connectivity index (χ4v) is 7.31. The van der Waals surface area contributed by atoms with Crippen molar-refractivity contribution in [3.05, 3.63) is 12.2 Å². The molecule has 1 N–H and O–H groups in total.